The lowest BCUT2D eigenvalue weighted by Gasteiger charge is -2.35. The number of morpholine rings is 1. The quantitative estimate of drug-likeness (QED) is 0.848. The average Bonchev–Trinajstić information content (AvgIpc) is 2.68. The Morgan fingerprint density at radius 1 is 1.29 bits per heavy atom. The number of hydrogen-bond donors (Lipinski definition) is 1. The highest BCUT2D eigenvalue weighted by Crippen LogP contribution is 2.31. The molecule has 0 saturated carbocycles. The normalized spacial score (nSPS) is 27.5. The molecule has 2 aliphatic rings. The van der Waals surface area contributed by atoms with E-state index in [-0.39, 0.29) is 12.4 Å². The minimum atomic E-state index is -0.205. The molecule has 0 aliphatic carbocycles. The van der Waals surface area contributed by atoms with Crippen molar-refractivity contribution in [2.45, 2.75) is 31.6 Å². The molecule has 2 N–H and O–H groups in total. The Morgan fingerprint density at radius 3 is 2.65 bits per heavy atom. The van der Waals surface area contributed by atoms with Crippen molar-refractivity contribution < 1.29 is 9.13 Å². The summed E-state index contributed by atoms with van der Waals surface area (Å²) in [6, 6.07) is 5.18. The van der Waals surface area contributed by atoms with Gasteiger partial charge in [-0.25, -0.2) is 4.39 Å². The molecular formula is C13H17FN2O. The van der Waals surface area contributed by atoms with Crippen LogP contribution in [0.3, 0.4) is 0 Å². The van der Waals surface area contributed by atoms with Crippen molar-refractivity contribution >= 4 is 5.69 Å². The molecule has 0 spiro atoms. The molecule has 17 heavy (non-hydrogen) atoms. The number of rotatable bonds is 2. The molecule has 2 heterocycles. The minimum Gasteiger partial charge on any atom is -0.371 e. The molecule has 92 valence electrons. The van der Waals surface area contributed by atoms with Crippen LogP contribution in [0.4, 0.5) is 10.1 Å². The second-order valence-electron chi connectivity index (χ2n) is 4.80. The highest BCUT2D eigenvalue weighted by molar-refractivity contribution is 5.55. The molecule has 2 saturated heterocycles. The predicted molar refractivity (Wildman–Crippen MR) is 64.4 cm³/mol. The molecule has 2 unspecified atom stereocenters. The van der Waals surface area contributed by atoms with Gasteiger partial charge in [-0.2, -0.15) is 0 Å². The maximum Gasteiger partial charge on any atom is 0.129 e. The van der Waals surface area contributed by atoms with E-state index in [1.54, 1.807) is 6.07 Å². The average molecular weight is 236 g/mol. The molecule has 0 aromatic heterocycles. The standard InChI is InChI=1S/C13H17FN2O/c14-12-2-1-3-13(11(12)6-15)16-7-9-4-5-10(8-16)17-9/h1-3,9-10H,4-8,15H2. The first kappa shape index (κ1) is 11.0. The Morgan fingerprint density at radius 2 is 2.00 bits per heavy atom. The Balaban J connectivity index is 1.91. The smallest absolute Gasteiger partial charge is 0.129 e. The summed E-state index contributed by atoms with van der Waals surface area (Å²) in [6.45, 7) is 1.95. The fraction of sp³-hybridized carbons (Fsp3) is 0.538. The lowest BCUT2D eigenvalue weighted by molar-refractivity contribution is 0.0304. The van der Waals surface area contributed by atoms with Crippen LogP contribution in [0.15, 0.2) is 18.2 Å². The molecule has 1 aromatic rings. The van der Waals surface area contributed by atoms with E-state index < -0.39 is 0 Å². The van der Waals surface area contributed by atoms with Crippen LogP contribution in [0.2, 0.25) is 0 Å². The van der Waals surface area contributed by atoms with E-state index in [0.717, 1.165) is 31.6 Å². The van der Waals surface area contributed by atoms with Crippen molar-refractivity contribution in [3.63, 3.8) is 0 Å². The summed E-state index contributed by atoms with van der Waals surface area (Å²) in [5.41, 5.74) is 7.20. The predicted octanol–water partition coefficient (Wildman–Crippen LogP) is 1.65. The van der Waals surface area contributed by atoms with Gasteiger partial charge in [-0.1, -0.05) is 6.07 Å². The SMILES string of the molecule is NCc1c(F)cccc1N1CC2CCC(C1)O2. The van der Waals surface area contributed by atoms with Gasteiger partial charge >= 0.3 is 0 Å². The topological polar surface area (TPSA) is 38.5 Å². The summed E-state index contributed by atoms with van der Waals surface area (Å²) in [5.74, 6) is -0.205. The third-order valence-electron chi connectivity index (χ3n) is 3.68. The fourth-order valence-electron chi connectivity index (χ4n) is 2.86. The van der Waals surface area contributed by atoms with E-state index in [1.165, 1.54) is 6.07 Å². The molecule has 1 aromatic carbocycles. The third-order valence-corrected chi connectivity index (χ3v) is 3.68. The van der Waals surface area contributed by atoms with Crippen molar-refractivity contribution in [1.29, 1.82) is 0 Å². The fourth-order valence-corrected chi connectivity index (χ4v) is 2.86. The summed E-state index contributed by atoms with van der Waals surface area (Å²) in [6.07, 6.45) is 2.85. The second kappa shape index (κ2) is 4.27. The first-order valence-corrected chi connectivity index (χ1v) is 6.16. The van der Waals surface area contributed by atoms with Crippen molar-refractivity contribution in [2.75, 3.05) is 18.0 Å². The number of halogens is 1. The Hall–Kier alpha value is -1.13. The number of hydrogen-bond acceptors (Lipinski definition) is 3. The first-order valence-electron chi connectivity index (χ1n) is 6.16. The van der Waals surface area contributed by atoms with Crippen LogP contribution in [0.1, 0.15) is 18.4 Å². The van der Waals surface area contributed by atoms with Crippen molar-refractivity contribution in [1.82, 2.24) is 0 Å². The van der Waals surface area contributed by atoms with E-state index in [2.05, 4.69) is 4.90 Å². The van der Waals surface area contributed by atoms with Crippen LogP contribution in [0.5, 0.6) is 0 Å². The number of anilines is 1. The van der Waals surface area contributed by atoms with Crippen molar-refractivity contribution in [2.24, 2.45) is 5.73 Å². The summed E-state index contributed by atoms with van der Waals surface area (Å²) < 4.78 is 19.5. The monoisotopic (exact) mass is 236 g/mol. The maximum atomic E-state index is 13.7. The molecule has 4 heteroatoms. The zero-order valence-corrected chi connectivity index (χ0v) is 9.73. The number of ether oxygens (including phenoxy) is 1. The number of nitrogens with zero attached hydrogens (tertiary/aromatic N) is 1. The Labute approximate surface area is 100 Å². The van der Waals surface area contributed by atoms with E-state index in [9.17, 15) is 4.39 Å². The van der Waals surface area contributed by atoms with Gasteiger partial charge in [0.05, 0.1) is 12.2 Å². The van der Waals surface area contributed by atoms with Crippen LogP contribution >= 0.6 is 0 Å². The highest BCUT2D eigenvalue weighted by Gasteiger charge is 2.34. The van der Waals surface area contributed by atoms with Crippen LogP contribution in [-0.2, 0) is 11.3 Å². The molecule has 2 atom stereocenters. The molecule has 0 amide bonds. The van der Waals surface area contributed by atoms with Gasteiger partial charge < -0.3 is 15.4 Å². The number of nitrogens with two attached hydrogens (primary N) is 1. The van der Waals surface area contributed by atoms with E-state index in [0.29, 0.717) is 17.8 Å². The van der Waals surface area contributed by atoms with Gasteiger partial charge in [0.2, 0.25) is 0 Å². The van der Waals surface area contributed by atoms with E-state index >= 15 is 0 Å². The van der Waals surface area contributed by atoms with E-state index in [1.807, 2.05) is 6.07 Å². The zero-order valence-electron chi connectivity index (χ0n) is 9.73. The van der Waals surface area contributed by atoms with Crippen LogP contribution in [0, 0.1) is 5.82 Å². The van der Waals surface area contributed by atoms with Gasteiger partial charge in [0.15, 0.2) is 0 Å². The van der Waals surface area contributed by atoms with Gasteiger partial charge in [0, 0.05) is 30.9 Å². The number of benzene rings is 1. The van der Waals surface area contributed by atoms with Gasteiger partial charge in [0.1, 0.15) is 5.82 Å². The van der Waals surface area contributed by atoms with Crippen LogP contribution in [-0.4, -0.2) is 25.3 Å². The Kier molecular flexibility index (Phi) is 2.76. The van der Waals surface area contributed by atoms with Gasteiger partial charge in [-0.05, 0) is 25.0 Å². The zero-order chi connectivity index (χ0) is 11.8. The molecule has 0 radical (unpaired) electrons. The molecule has 2 bridgehead atoms. The summed E-state index contributed by atoms with van der Waals surface area (Å²) in [7, 11) is 0. The lowest BCUT2D eigenvalue weighted by Crippen LogP contribution is -2.43. The van der Waals surface area contributed by atoms with E-state index in [4.69, 9.17) is 10.5 Å². The molecule has 3 rings (SSSR count). The van der Waals surface area contributed by atoms with Gasteiger partial charge in [0.25, 0.3) is 0 Å². The third kappa shape index (κ3) is 1.91. The van der Waals surface area contributed by atoms with Crippen molar-refractivity contribution in [3.8, 4) is 0 Å². The molecule has 2 aliphatic heterocycles. The summed E-state index contributed by atoms with van der Waals surface area (Å²) in [4.78, 5) is 2.22. The van der Waals surface area contributed by atoms with Crippen molar-refractivity contribution in [3.05, 3.63) is 29.6 Å². The van der Waals surface area contributed by atoms with Crippen LogP contribution in [0.25, 0.3) is 0 Å². The molecule has 3 nitrogen and oxygen atoms in total. The maximum absolute atomic E-state index is 13.7. The molecular weight excluding hydrogens is 219 g/mol. The minimum absolute atomic E-state index is 0.205. The first-order chi connectivity index (χ1) is 8.28. The highest BCUT2D eigenvalue weighted by atomic mass is 19.1. The van der Waals surface area contributed by atoms with Crippen LogP contribution < -0.4 is 10.6 Å². The summed E-state index contributed by atoms with van der Waals surface area (Å²) >= 11 is 0. The van der Waals surface area contributed by atoms with Gasteiger partial charge in [-0.3, -0.25) is 0 Å². The lowest BCUT2D eigenvalue weighted by atomic mass is 10.1. The number of fused-ring (bicyclic) bond motifs is 2. The van der Waals surface area contributed by atoms with Gasteiger partial charge in [-0.15, -0.1) is 0 Å². The largest absolute Gasteiger partial charge is 0.371 e. The molecule has 2 fully saturated rings. The second-order valence-corrected chi connectivity index (χ2v) is 4.80. The Bertz CT molecular complexity index is 412. The summed E-state index contributed by atoms with van der Waals surface area (Å²) in [5, 5.41) is 0.